The summed E-state index contributed by atoms with van der Waals surface area (Å²) in [4.78, 5) is 5.22. The second-order valence-corrected chi connectivity index (χ2v) is 3.37. The lowest BCUT2D eigenvalue weighted by Gasteiger charge is -1.99. The van der Waals surface area contributed by atoms with Gasteiger partial charge < -0.3 is 15.8 Å². The topological polar surface area (TPSA) is 60.2 Å². The van der Waals surface area contributed by atoms with Crippen molar-refractivity contribution >= 4 is 16.5 Å². The Labute approximate surface area is 75.8 Å². The molecule has 4 nitrogen and oxygen atoms in total. The second kappa shape index (κ2) is 5.08. The van der Waals surface area contributed by atoms with Crippen LogP contribution in [0, 0.1) is 0 Å². The Morgan fingerprint density at radius 1 is 1.75 bits per heavy atom. The summed E-state index contributed by atoms with van der Waals surface area (Å²) in [7, 11) is 1.68. The number of thiazole rings is 1. The second-order valence-electron chi connectivity index (χ2n) is 2.26. The minimum Gasteiger partial charge on any atom is -0.383 e. The minimum atomic E-state index is 0.559. The Balaban J connectivity index is 2.31. The van der Waals surface area contributed by atoms with Crippen molar-refractivity contribution < 1.29 is 4.74 Å². The van der Waals surface area contributed by atoms with Crippen LogP contribution >= 0.6 is 11.3 Å². The highest BCUT2D eigenvalue weighted by Gasteiger charge is 1.97. The number of rotatable bonds is 5. The molecule has 1 aromatic rings. The Hall–Kier alpha value is -0.650. The number of ether oxygens (including phenoxy) is 1. The van der Waals surface area contributed by atoms with Gasteiger partial charge in [-0.3, -0.25) is 0 Å². The van der Waals surface area contributed by atoms with Crippen LogP contribution in [0.2, 0.25) is 0 Å². The van der Waals surface area contributed by atoms with E-state index in [4.69, 9.17) is 10.5 Å². The maximum Gasteiger partial charge on any atom is 0.182 e. The van der Waals surface area contributed by atoms with E-state index in [-0.39, 0.29) is 0 Å². The average molecular weight is 187 g/mol. The number of anilines is 1. The van der Waals surface area contributed by atoms with Crippen molar-refractivity contribution in [3.63, 3.8) is 0 Å². The number of nitrogens with two attached hydrogens (primary N) is 1. The maximum atomic E-state index is 5.44. The molecule has 5 heteroatoms. The average Bonchev–Trinajstić information content (AvgIpc) is 2.53. The summed E-state index contributed by atoms with van der Waals surface area (Å²) in [6, 6.07) is 0. The molecule has 0 aromatic carbocycles. The van der Waals surface area contributed by atoms with Crippen molar-refractivity contribution in [1.29, 1.82) is 0 Å². The molecule has 68 valence electrons. The number of nitrogens with one attached hydrogen (secondary N) is 1. The zero-order chi connectivity index (χ0) is 8.81. The maximum absolute atomic E-state index is 5.44. The van der Waals surface area contributed by atoms with Gasteiger partial charge in [-0.05, 0) is 0 Å². The molecule has 0 radical (unpaired) electrons. The SMILES string of the molecule is COCCNc1ncc(CN)s1. The highest BCUT2D eigenvalue weighted by atomic mass is 32.1. The third-order valence-corrected chi connectivity index (χ3v) is 2.31. The molecule has 12 heavy (non-hydrogen) atoms. The number of aromatic nitrogens is 1. The van der Waals surface area contributed by atoms with Gasteiger partial charge in [-0.2, -0.15) is 0 Å². The van der Waals surface area contributed by atoms with Gasteiger partial charge in [-0.1, -0.05) is 0 Å². The van der Waals surface area contributed by atoms with E-state index >= 15 is 0 Å². The summed E-state index contributed by atoms with van der Waals surface area (Å²) in [6.45, 7) is 2.04. The standard InChI is InChI=1S/C7H13N3OS/c1-11-3-2-9-7-10-5-6(4-8)12-7/h5H,2-4,8H2,1H3,(H,9,10). The molecule has 0 bridgehead atoms. The molecule has 0 unspecified atom stereocenters. The van der Waals surface area contributed by atoms with Gasteiger partial charge in [0.25, 0.3) is 0 Å². The summed E-state index contributed by atoms with van der Waals surface area (Å²) < 4.78 is 4.89. The predicted molar refractivity (Wildman–Crippen MR) is 50.4 cm³/mol. The molecule has 0 fully saturated rings. The highest BCUT2D eigenvalue weighted by molar-refractivity contribution is 7.15. The lowest BCUT2D eigenvalue weighted by atomic mass is 10.6. The van der Waals surface area contributed by atoms with E-state index in [0.29, 0.717) is 13.2 Å². The van der Waals surface area contributed by atoms with E-state index in [1.54, 1.807) is 24.6 Å². The lowest BCUT2D eigenvalue weighted by molar-refractivity contribution is 0.211. The monoisotopic (exact) mass is 187 g/mol. The zero-order valence-electron chi connectivity index (χ0n) is 7.04. The molecule has 0 amide bonds. The molecular formula is C7H13N3OS. The van der Waals surface area contributed by atoms with E-state index in [0.717, 1.165) is 16.6 Å². The molecule has 0 saturated carbocycles. The number of hydrogen-bond acceptors (Lipinski definition) is 5. The van der Waals surface area contributed by atoms with Crippen molar-refractivity contribution in [2.75, 3.05) is 25.6 Å². The fourth-order valence-electron chi connectivity index (χ4n) is 0.744. The van der Waals surface area contributed by atoms with Crippen LogP contribution in [0.4, 0.5) is 5.13 Å². The Morgan fingerprint density at radius 3 is 3.17 bits per heavy atom. The first-order valence-electron chi connectivity index (χ1n) is 3.74. The molecule has 0 aliphatic heterocycles. The molecule has 1 aromatic heterocycles. The highest BCUT2D eigenvalue weighted by Crippen LogP contribution is 2.16. The van der Waals surface area contributed by atoms with Crippen LogP contribution in [0.3, 0.4) is 0 Å². The van der Waals surface area contributed by atoms with Crippen LogP contribution < -0.4 is 11.1 Å². The summed E-state index contributed by atoms with van der Waals surface area (Å²) in [5, 5.41) is 4.04. The van der Waals surface area contributed by atoms with Gasteiger partial charge in [0.1, 0.15) is 0 Å². The summed E-state index contributed by atoms with van der Waals surface area (Å²) in [5.74, 6) is 0. The Bertz CT molecular complexity index is 226. The van der Waals surface area contributed by atoms with Crippen molar-refractivity contribution in [3.8, 4) is 0 Å². The number of methoxy groups -OCH3 is 1. The molecule has 0 aliphatic rings. The molecular weight excluding hydrogens is 174 g/mol. The number of hydrogen-bond donors (Lipinski definition) is 2. The summed E-state index contributed by atoms with van der Waals surface area (Å²) >= 11 is 1.58. The lowest BCUT2D eigenvalue weighted by Crippen LogP contribution is -2.06. The first kappa shape index (κ1) is 9.44. The van der Waals surface area contributed by atoms with Crippen molar-refractivity contribution in [3.05, 3.63) is 11.1 Å². The molecule has 1 heterocycles. The summed E-state index contributed by atoms with van der Waals surface area (Å²) in [5.41, 5.74) is 5.44. The van der Waals surface area contributed by atoms with Gasteiger partial charge in [-0.15, -0.1) is 11.3 Å². The van der Waals surface area contributed by atoms with Crippen LogP contribution in [0.15, 0.2) is 6.20 Å². The van der Waals surface area contributed by atoms with E-state index in [1.165, 1.54) is 0 Å². The largest absolute Gasteiger partial charge is 0.383 e. The third kappa shape index (κ3) is 2.77. The molecule has 1 rings (SSSR count). The fraction of sp³-hybridized carbons (Fsp3) is 0.571. The van der Waals surface area contributed by atoms with Crippen LogP contribution in [0.5, 0.6) is 0 Å². The van der Waals surface area contributed by atoms with E-state index in [1.807, 2.05) is 0 Å². The molecule has 0 atom stereocenters. The van der Waals surface area contributed by atoms with Crippen molar-refractivity contribution in [2.45, 2.75) is 6.54 Å². The summed E-state index contributed by atoms with van der Waals surface area (Å²) in [6.07, 6.45) is 1.79. The first-order chi connectivity index (χ1) is 5.86. The van der Waals surface area contributed by atoms with Crippen LogP contribution in [-0.4, -0.2) is 25.2 Å². The van der Waals surface area contributed by atoms with E-state index in [2.05, 4.69) is 10.3 Å². The van der Waals surface area contributed by atoms with E-state index < -0.39 is 0 Å². The van der Waals surface area contributed by atoms with Crippen molar-refractivity contribution in [1.82, 2.24) is 4.98 Å². The molecule has 3 N–H and O–H groups in total. The molecule has 0 spiro atoms. The van der Waals surface area contributed by atoms with Gasteiger partial charge in [0.15, 0.2) is 5.13 Å². The third-order valence-electron chi connectivity index (χ3n) is 1.34. The van der Waals surface area contributed by atoms with Crippen LogP contribution in [-0.2, 0) is 11.3 Å². The number of nitrogens with zero attached hydrogens (tertiary/aromatic N) is 1. The normalized spacial score (nSPS) is 10.2. The smallest absolute Gasteiger partial charge is 0.182 e. The van der Waals surface area contributed by atoms with Crippen LogP contribution in [0.25, 0.3) is 0 Å². The van der Waals surface area contributed by atoms with Gasteiger partial charge in [0.05, 0.1) is 6.61 Å². The van der Waals surface area contributed by atoms with Gasteiger partial charge >= 0.3 is 0 Å². The van der Waals surface area contributed by atoms with Gasteiger partial charge in [0, 0.05) is 31.3 Å². The Morgan fingerprint density at radius 2 is 2.58 bits per heavy atom. The fourth-order valence-corrected chi connectivity index (χ4v) is 1.46. The predicted octanol–water partition coefficient (Wildman–Crippen LogP) is 0.660. The van der Waals surface area contributed by atoms with Gasteiger partial charge in [-0.25, -0.2) is 4.98 Å². The van der Waals surface area contributed by atoms with Crippen molar-refractivity contribution in [2.24, 2.45) is 5.73 Å². The minimum absolute atomic E-state index is 0.559. The van der Waals surface area contributed by atoms with Gasteiger partial charge in [0.2, 0.25) is 0 Å². The molecule has 0 aliphatic carbocycles. The Kier molecular flexibility index (Phi) is 3.99. The zero-order valence-corrected chi connectivity index (χ0v) is 7.86. The first-order valence-corrected chi connectivity index (χ1v) is 4.56. The molecule has 0 saturated heterocycles. The van der Waals surface area contributed by atoms with E-state index in [9.17, 15) is 0 Å². The van der Waals surface area contributed by atoms with Crippen LogP contribution in [0.1, 0.15) is 4.88 Å². The quantitative estimate of drug-likeness (QED) is 0.665.